The van der Waals surface area contributed by atoms with Crippen molar-refractivity contribution in [1.29, 1.82) is 0 Å². The van der Waals surface area contributed by atoms with Crippen LogP contribution in [0, 0.1) is 0 Å². The summed E-state index contributed by atoms with van der Waals surface area (Å²) < 4.78 is 11.6. The maximum atomic E-state index is 11.4. The zero-order chi connectivity index (χ0) is 21.2. The molecule has 158 valence electrons. The molecular weight excluding hydrogens is 433 g/mol. The molecule has 0 heterocycles. The van der Waals surface area contributed by atoms with Gasteiger partial charge < -0.3 is 19.9 Å². The lowest BCUT2D eigenvalue weighted by Crippen LogP contribution is -2.36. The van der Waals surface area contributed by atoms with Crippen molar-refractivity contribution in [2.24, 2.45) is 0 Å². The lowest BCUT2D eigenvalue weighted by molar-refractivity contribution is -0.139. The third-order valence-corrected chi connectivity index (χ3v) is 5.45. The maximum absolute atomic E-state index is 11.4. The molecule has 0 spiro atoms. The Morgan fingerprint density at radius 3 is 2.62 bits per heavy atom. The summed E-state index contributed by atoms with van der Waals surface area (Å²) in [5.41, 5.74) is 1.66. The predicted octanol–water partition coefficient (Wildman–Crippen LogP) is 5.27. The van der Waals surface area contributed by atoms with E-state index in [0.29, 0.717) is 41.1 Å². The highest BCUT2D eigenvalue weighted by Crippen LogP contribution is 2.37. The fourth-order valence-electron chi connectivity index (χ4n) is 2.68. The smallest absolute Gasteiger partial charge is 0.320 e. The van der Waals surface area contributed by atoms with Gasteiger partial charge in [0.25, 0.3) is 0 Å². The Balaban J connectivity index is 2.14. The van der Waals surface area contributed by atoms with Crippen LogP contribution in [0.15, 0.2) is 36.4 Å². The Bertz CT molecular complexity index is 819. The van der Waals surface area contributed by atoms with E-state index in [9.17, 15) is 9.90 Å². The lowest BCUT2D eigenvalue weighted by Gasteiger charge is -2.17. The molecule has 0 saturated heterocycles. The van der Waals surface area contributed by atoms with Crippen molar-refractivity contribution < 1.29 is 19.4 Å². The van der Waals surface area contributed by atoms with E-state index in [0.717, 1.165) is 16.9 Å². The number of benzene rings is 2. The van der Waals surface area contributed by atoms with Crippen molar-refractivity contribution in [2.75, 3.05) is 18.6 Å². The maximum Gasteiger partial charge on any atom is 0.320 e. The topological polar surface area (TPSA) is 67.8 Å². The van der Waals surface area contributed by atoms with E-state index in [1.54, 1.807) is 23.9 Å². The molecule has 8 heteroatoms. The first-order chi connectivity index (χ1) is 14.0. The Labute approximate surface area is 185 Å². The molecule has 0 aliphatic rings. The molecule has 1 unspecified atom stereocenters. The standard InChI is InChI=1S/C21H25Cl2NO4S/c1-3-27-19-11-14(12-24-18(21(25)26)8-9-29-2)10-17(23)20(19)28-13-15-6-4-5-7-16(15)22/h4-7,10-11,18,24H,3,8-9,12-13H2,1-2H3,(H,25,26). The number of thioether (sulfide) groups is 1. The van der Waals surface area contributed by atoms with Gasteiger partial charge in [0, 0.05) is 17.1 Å². The molecule has 29 heavy (non-hydrogen) atoms. The molecule has 2 aromatic rings. The Morgan fingerprint density at radius 2 is 1.97 bits per heavy atom. The minimum Gasteiger partial charge on any atom is -0.490 e. The van der Waals surface area contributed by atoms with E-state index >= 15 is 0 Å². The number of carboxylic acid groups (broad SMARTS) is 1. The average Bonchev–Trinajstić information content (AvgIpc) is 2.68. The quantitative estimate of drug-likeness (QED) is 0.452. The van der Waals surface area contributed by atoms with Crippen LogP contribution in [0.2, 0.25) is 10.0 Å². The molecule has 2 rings (SSSR count). The van der Waals surface area contributed by atoms with Gasteiger partial charge in [-0.15, -0.1) is 0 Å². The third kappa shape index (κ3) is 7.30. The van der Waals surface area contributed by atoms with Crippen molar-refractivity contribution in [2.45, 2.75) is 32.5 Å². The van der Waals surface area contributed by atoms with E-state index in [1.807, 2.05) is 37.4 Å². The average molecular weight is 458 g/mol. The van der Waals surface area contributed by atoms with Crippen LogP contribution in [-0.4, -0.2) is 35.7 Å². The third-order valence-electron chi connectivity index (χ3n) is 4.16. The van der Waals surface area contributed by atoms with Gasteiger partial charge in [0.05, 0.1) is 11.6 Å². The molecule has 0 fully saturated rings. The Hall–Kier alpha value is -1.60. The fourth-order valence-corrected chi connectivity index (χ4v) is 3.63. The van der Waals surface area contributed by atoms with E-state index < -0.39 is 12.0 Å². The molecule has 0 radical (unpaired) electrons. The van der Waals surface area contributed by atoms with Gasteiger partial charge in [0.2, 0.25) is 0 Å². The van der Waals surface area contributed by atoms with E-state index in [-0.39, 0.29) is 6.61 Å². The number of aliphatic carboxylic acids is 1. The second kappa shape index (κ2) is 12.2. The summed E-state index contributed by atoms with van der Waals surface area (Å²) in [7, 11) is 0. The van der Waals surface area contributed by atoms with Crippen LogP contribution in [0.3, 0.4) is 0 Å². The van der Waals surface area contributed by atoms with Gasteiger partial charge >= 0.3 is 5.97 Å². The summed E-state index contributed by atoms with van der Waals surface area (Å²) in [6, 6.07) is 10.4. The summed E-state index contributed by atoms with van der Waals surface area (Å²) in [5.74, 6) is 0.855. The molecule has 0 amide bonds. The number of hydrogen-bond acceptors (Lipinski definition) is 5. The van der Waals surface area contributed by atoms with E-state index in [4.69, 9.17) is 32.7 Å². The van der Waals surface area contributed by atoms with Crippen LogP contribution in [0.1, 0.15) is 24.5 Å². The van der Waals surface area contributed by atoms with Crippen molar-refractivity contribution >= 4 is 40.9 Å². The summed E-state index contributed by atoms with van der Waals surface area (Å²) >= 11 is 14.3. The van der Waals surface area contributed by atoms with Crippen molar-refractivity contribution in [1.82, 2.24) is 5.32 Å². The second-order valence-corrected chi connectivity index (χ2v) is 8.07. The highest BCUT2D eigenvalue weighted by atomic mass is 35.5. The first-order valence-corrected chi connectivity index (χ1v) is 11.4. The van der Waals surface area contributed by atoms with Gasteiger partial charge in [0.15, 0.2) is 11.5 Å². The number of nitrogens with one attached hydrogen (secondary N) is 1. The number of hydrogen-bond donors (Lipinski definition) is 2. The minimum atomic E-state index is -0.866. The molecule has 0 aromatic heterocycles. The summed E-state index contributed by atoms with van der Waals surface area (Å²) in [5, 5.41) is 13.4. The zero-order valence-electron chi connectivity index (χ0n) is 16.4. The first kappa shape index (κ1) is 23.7. The van der Waals surface area contributed by atoms with Gasteiger partial charge in [-0.3, -0.25) is 4.79 Å². The van der Waals surface area contributed by atoms with Crippen molar-refractivity contribution in [3.05, 3.63) is 57.6 Å². The Morgan fingerprint density at radius 1 is 1.21 bits per heavy atom. The van der Waals surface area contributed by atoms with Gasteiger partial charge in [0.1, 0.15) is 12.6 Å². The molecule has 0 aliphatic heterocycles. The number of halogens is 2. The van der Waals surface area contributed by atoms with Crippen LogP contribution in [0.4, 0.5) is 0 Å². The van der Waals surface area contributed by atoms with Crippen LogP contribution in [0.5, 0.6) is 11.5 Å². The fraction of sp³-hybridized carbons (Fsp3) is 0.381. The SMILES string of the molecule is CCOc1cc(CNC(CCSC)C(=O)O)cc(Cl)c1OCc1ccccc1Cl. The first-order valence-electron chi connectivity index (χ1n) is 9.22. The van der Waals surface area contributed by atoms with Gasteiger partial charge in [-0.05, 0) is 49.1 Å². The molecule has 0 saturated carbocycles. The van der Waals surface area contributed by atoms with Gasteiger partial charge in [-0.25, -0.2) is 0 Å². The van der Waals surface area contributed by atoms with Crippen LogP contribution in [0.25, 0.3) is 0 Å². The van der Waals surface area contributed by atoms with E-state index in [1.165, 1.54) is 0 Å². The zero-order valence-corrected chi connectivity index (χ0v) is 18.7. The molecule has 0 bridgehead atoms. The van der Waals surface area contributed by atoms with Crippen molar-refractivity contribution in [3.8, 4) is 11.5 Å². The van der Waals surface area contributed by atoms with Crippen molar-refractivity contribution in [3.63, 3.8) is 0 Å². The minimum absolute atomic E-state index is 0.257. The number of rotatable bonds is 12. The normalized spacial score (nSPS) is 11.9. The highest BCUT2D eigenvalue weighted by Gasteiger charge is 2.18. The van der Waals surface area contributed by atoms with E-state index in [2.05, 4.69) is 5.32 Å². The van der Waals surface area contributed by atoms with Crippen LogP contribution >= 0.6 is 35.0 Å². The van der Waals surface area contributed by atoms with Gasteiger partial charge in [-0.1, -0.05) is 41.4 Å². The van der Waals surface area contributed by atoms with Crippen LogP contribution in [-0.2, 0) is 17.9 Å². The van der Waals surface area contributed by atoms with Gasteiger partial charge in [-0.2, -0.15) is 11.8 Å². The highest BCUT2D eigenvalue weighted by molar-refractivity contribution is 7.98. The number of carbonyl (C=O) groups is 1. The largest absolute Gasteiger partial charge is 0.490 e. The molecule has 2 N–H and O–H groups in total. The lowest BCUT2D eigenvalue weighted by atomic mass is 10.1. The Kier molecular flexibility index (Phi) is 9.94. The molecule has 0 aliphatic carbocycles. The molecular formula is C21H25Cl2NO4S. The summed E-state index contributed by atoms with van der Waals surface area (Å²) in [6.07, 6.45) is 2.50. The summed E-state index contributed by atoms with van der Waals surface area (Å²) in [4.78, 5) is 11.4. The predicted molar refractivity (Wildman–Crippen MR) is 120 cm³/mol. The van der Waals surface area contributed by atoms with Crippen LogP contribution < -0.4 is 14.8 Å². The summed E-state index contributed by atoms with van der Waals surface area (Å²) in [6.45, 7) is 2.93. The second-order valence-electron chi connectivity index (χ2n) is 6.27. The molecule has 1 atom stereocenters. The molecule has 2 aromatic carbocycles. The molecule has 5 nitrogen and oxygen atoms in total. The number of carboxylic acids is 1. The monoisotopic (exact) mass is 457 g/mol. The number of ether oxygens (including phenoxy) is 2.